The Morgan fingerprint density at radius 2 is 1.76 bits per heavy atom. The van der Waals surface area contributed by atoms with Crippen molar-refractivity contribution >= 4 is 21.7 Å². The zero-order chi connectivity index (χ0) is 25.1. The summed E-state index contributed by atoms with van der Waals surface area (Å²) in [5.41, 5.74) is -0.901. The van der Waals surface area contributed by atoms with Crippen molar-refractivity contribution in [1.29, 1.82) is 5.26 Å². The fraction of sp³-hybridized carbons (Fsp3) is 0.130. The van der Waals surface area contributed by atoms with Crippen LogP contribution in [0.2, 0.25) is 0 Å². The molecule has 0 unspecified atom stereocenters. The van der Waals surface area contributed by atoms with Crippen LogP contribution < -0.4 is 9.46 Å². The quantitative estimate of drug-likeness (QED) is 0.496. The van der Waals surface area contributed by atoms with Crippen LogP contribution >= 0.6 is 0 Å². The number of esters is 1. The van der Waals surface area contributed by atoms with Gasteiger partial charge in [-0.3, -0.25) is 4.72 Å². The van der Waals surface area contributed by atoms with Crippen LogP contribution in [-0.2, 0) is 20.9 Å². The molecule has 0 aliphatic rings. The first-order chi connectivity index (χ1) is 16.0. The molecule has 0 amide bonds. The average molecular weight is 490 g/mol. The maximum absolute atomic E-state index is 13.4. The summed E-state index contributed by atoms with van der Waals surface area (Å²) in [5.74, 6) is -0.952. The summed E-state index contributed by atoms with van der Waals surface area (Å²) in [6.07, 6.45) is -4.74. The largest absolute Gasteiger partial charge is 0.495 e. The van der Waals surface area contributed by atoms with Crippen LogP contribution in [0.3, 0.4) is 0 Å². The molecule has 0 aliphatic heterocycles. The fourth-order valence-corrected chi connectivity index (χ4v) is 4.41. The van der Waals surface area contributed by atoms with Crippen molar-refractivity contribution in [1.82, 2.24) is 0 Å². The van der Waals surface area contributed by atoms with E-state index in [1.54, 1.807) is 0 Å². The standard InChI is InChI=1S/C23H17F3N2O5S/c1-32-20-9-6-16(22(29)33-2)11-21(20)34(30,31)28-19-12-17(23(24,25)26)7-8-18(19)15-5-3-4-14(10-15)13-27/h3-12,28H,1-2H3. The van der Waals surface area contributed by atoms with Gasteiger partial charge in [0.25, 0.3) is 10.0 Å². The third kappa shape index (κ3) is 5.13. The monoisotopic (exact) mass is 490 g/mol. The van der Waals surface area contributed by atoms with Crippen molar-refractivity contribution in [3.63, 3.8) is 0 Å². The highest BCUT2D eigenvalue weighted by Gasteiger charge is 2.32. The normalized spacial score (nSPS) is 11.4. The van der Waals surface area contributed by atoms with Gasteiger partial charge < -0.3 is 9.47 Å². The van der Waals surface area contributed by atoms with Crippen molar-refractivity contribution < 1.29 is 35.9 Å². The third-order valence-electron chi connectivity index (χ3n) is 4.77. The van der Waals surface area contributed by atoms with Crippen molar-refractivity contribution in [2.45, 2.75) is 11.1 Å². The molecule has 11 heteroatoms. The van der Waals surface area contributed by atoms with Crippen molar-refractivity contribution in [3.8, 4) is 22.9 Å². The summed E-state index contributed by atoms with van der Waals surface area (Å²) in [6, 6.07) is 14.0. The number of alkyl halides is 3. The lowest BCUT2D eigenvalue weighted by Gasteiger charge is -2.17. The number of halogens is 3. The van der Waals surface area contributed by atoms with Crippen molar-refractivity contribution in [3.05, 3.63) is 77.4 Å². The lowest BCUT2D eigenvalue weighted by Crippen LogP contribution is -2.17. The minimum atomic E-state index is -4.74. The first kappa shape index (κ1) is 24.6. The first-order valence-corrected chi connectivity index (χ1v) is 11.0. The molecule has 0 atom stereocenters. The second-order valence-electron chi connectivity index (χ2n) is 6.91. The Balaban J connectivity index is 2.19. The molecule has 3 aromatic carbocycles. The molecule has 0 radical (unpaired) electrons. The molecule has 3 rings (SSSR count). The summed E-state index contributed by atoms with van der Waals surface area (Å²) in [6.45, 7) is 0. The van der Waals surface area contributed by atoms with Gasteiger partial charge in [0.2, 0.25) is 0 Å². The van der Waals surface area contributed by atoms with Crippen LogP contribution in [0.15, 0.2) is 65.6 Å². The van der Waals surface area contributed by atoms with E-state index in [4.69, 9.17) is 10.00 Å². The molecule has 0 aliphatic carbocycles. The third-order valence-corrected chi connectivity index (χ3v) is 6.15. The molecule has 7 nitrogen and oxygen atoms in total. The summed E-state index contributed by atoms with van der Waals surface area (Å²) >= 11 is 0. The van der Waals surface area contributed by atoms with Gasteiger partial charge in [-0.2, -0.15) is 18.4 Å². The molecule has 0 aromatic heterocycles. The van der Waals surface area contributed by atoms with Crippen molar-refractivity contribution in [2.24, 2.45) is 0 Å². The molecule has 0 saturated heterocycles. The number of carbonyl (C=O) groups is 1. The molecule has 0 fully saturated rings. The molecular formula is C23H17F3N2O5S. The molecule has 3 aromatic rings. The van der Waals surface area contributed by atoms with Gasteiger partial charge in [0, 0.05) is 5.56 Å². The number of methoxy groups -OCH3 is 2. The van der Waals surface area contributed by atoms with E-state index < -0.39 is 32.6 Å². The predicted molar refractivity (Wildman–Crippen MR) is 117 cm³/mol. The van der Waals surface area contributed by atoms with Crippen LogP contribution in [0.4, 0.5) is 18.9 Å². The van der Waals surface area contributed by atoms with Crippen molar-refractivity contribution in [2.75, 3.05) is 18.9 Å². The number of rotatable bonds is 6. The van der Waals surface area contributed by atoms with Crippen LogP contribution in [-0.4, -0.2) is 28.6 Å². The molecule has 34 heavy (non-hydrogen) atoms. The molecule has 0 heterocycles. The Hall–Kier alpha value is -4.04. The molecule has 1 N–H and O–H groups in total. The summed E-state index contributed by atoms with van der Waals surface area (Å²) in [5, 5.41) is 9.15. The SMILES string of the molecule is COC(=O)c1ccc(OC)c(S(=O)(=O)Nc2cc(C(F)(F)F)ccc2-c2cccc(C#N)c2)c1. The number of nitrogens with one attached hydrogen (secondary N) is 1. The van der Waals surface area contributed by atoms with Gasteiger partial charge in [0.1, 0.15) is 10.6 Å². The topological polar surface area (TPSA) is 105 Å². The molecule has 0 bridgehead atoms. The number of carbonyl (C=O) groups excluding carboxylic acids is 1. The zero-order valence-electron chi connectivity index (χ0n) is 17.8. The van der Waals surface area contributed by atoms with E-state index in [9.17, 15) is 26.4 Å². The van der Waals surface area contributed by atoms with Crippen LogP contribution in [0, 0.1) is 11.3 Å². The Bertz CT molecular complexity index is 1400. The number of hydrogen-bond donors (Lipinski definition) is 1. The smallest absolute Gasteiger partial charge is 0.416 e. The minimum Gasteiger partial charge on any atom is -0.495 e. The lowest BCUT2D eigenvalue weighted by molar-refractivity contribution is -0.137. The summed E-state index contributed by atoms with van der Waals surface area (Å²) in [7, 11) is -2.23. The first-order valence-electron chi connectivity index (χ1n) is 9.51. The number of anilines is 1. The van der Waals surface area contributed by atoms with Gasteiger partial charge in [0.15, 0.2) is 0 Å². The average Bonchev–Trinajstić information content (AvgIpc) is 2.82. The number of benzene rings is 3. The molecule has 0 saturated carbocycles. The molecule has 176 valence electrons. The van der Waals surface area contributed by atoms with Gasteiger partial charge in [-0.05, 0) is 48.0 Å². The zero-order valence-corrected chi connectivity index (χ0v) is 18.6. The number of sulfonamides is 1. The maximum Gasteiger partial charge on any atom is 0.416 e. The van der Waals surface area contributed by atoms with Crippen LogP contribution in [0.25, 0.3) is 11.1 Å². The Kier molecular flexibility index (Phi) is 6.83. The Labute approximate surface area is 193 Å². The van der Waals surface area contributed by atoms with Crippen LogP contribution in [0.5, 0.6) is 5.75 Å². The maximum atomic E-state index is 13.4. The number of ether oxygens (including phenoxy) is 2. The predicted octanol–water partition coefficient (Wildman–Crippen LogP) is 4.84. The highest BCUT2D eigenvalue weighted by atomic mass is 32.2. The highest BCUT2D eigenvalue weighted by Crippen LogP contribution is 2.38. The van der Waals surface area contributed by atoms with E-state index in [1.165, 1.54) is 43.5 Å². The number of hydrogen-bond acceptors (Lipinski definition) is 6. The minimum absolute atomic E-state index is 0.102. The lowest BCUT2D eigenvalue weighted by atomic mass is 10.00. The Morgan fingerprint density at radius 3 is 2.38 bits per heavy atom. The second-order valence-corrected chi connectivity index (χ2v) is 8.56. The highest BCUT2D eigenvalue weighted by molar-refractivity contribution is 7.92. The van der Waals surface area contributed by atoms with E-state index in [0.717, 1.165) is 25.3 Å². The van der Waals surface area contributed by atoms with Crippen LogP contribution in [0.1, 0.15) is 21.5 Å². The molecular weight excluding hydrogens is 473 g/mol. The van der Waals surface area contributed by atoms with Gasteiger partial charge in [-0.25, -0.2) is 13.2 Å². The van der Waals surface area contributed by atoms with E-state index in [-0.39, 0.29) is 28.1 Å². The Morgan fingerprint density at radius 1 is 1.03 bits per heavy atom. The summed E-state index contributed by atoms with van der Waals surface area (Å²) in [4.78, 5) is 11.4. The van der Waals surface area contributed by atoms with E-state index in [2.05, 4.69) is 9.46 Å². The van der Waals surface area contributed by atoms with Gasteiger partial charge in [-0.1, -0.05) is 18.2 Å². The number of nitriles is 1. The van der Waals surface area contributed by atoms with Gasteiger partial charge in [-0.15, -0.1) is 0 Å². The van der Waals surface area contributed by atoms with E-state index in [1.807, 2.05) is 6.07 Å². The number of nitrogens with zero attached hydrogens (tertiary/aromatic N) is 1. The summed E-state index contributed by atoms with van der Waals surface area (Å²) < 4.78 is 78.5. The van der Waals surface area contributed by atoms with Gasteiger partial charge in [0.05, 0.1) is 42.7 Å². The second kappa shape index (κ2) is 9.44. The molecule has 0 spiro atoms. The van der Waals surface area contributed by atoms with E-state index >= 15 is 0 Å². The fourth-order valence-electron chi connectivity index (χ4n) is 3.14. The van der Waals surface area contributed by atoms with Gasteiger partial charge >= 0.3 is 12.1 Å². The van der Waals surface area contributed by atoms with E-state index in [0.29, 0.717) is 11.6 Å².